The number of aromatic nitrogens is 2. The Morgan fingerprint density at radius 1 is 1.04 bits per heavy atom. The summed E-state index contributed by atoms with van der Waals surface area (Å²) in [6, 6.07) is 10.7. The molecule has 1 aromatic heterocycles. The second-order valence-corrected chi connectivity index (χ2v) is 5.20. The predicted octanol–water partition coefficient (Wildman–Crippen LogP) is 2.90. The highest BCUT2D eigenvalue weighted by molar-refractivity contribution is 6.03. The Hall–Kier alpha value is -3.42. The van der Waals surface area contributed by atoms with Gasteiger partial charge in [-0.2, -0.15) is 0 Å². The van der Waals surface area contributed by atoms with Gasteiger partial charge in [-0.3, -0.25) is 10.1 Å². The van der Waals surface area contributed by atoms with Crippen LogP contribution >= 0.6 is 0 Å². The SMILES string of the molecule is O=C(Nc1nnc(-c2ccc3c(c2)OCCO3)o1)c1ccccc1F. The second kappa shape index (κ2) is 6.23. The fraction of sp³-hybridized carbons (Fsp3) is 0.118. The molecular formula is C17H12FN3O4. The van der Waals surface area contributed by atoms with Gasteiger partial charge in [0.1, 0.15) is 19.0 Å². The molecule has 0 saturated carbocycles. The Morgan fingerprint density at radius 3 is 2.68 bits per heavy atom. The number of halogens is 1. The first-order valence-electron chi connectivity index (χ1n) is 7.50. The molecule has 4 rings (SSSR count). The molecule has 2 heterocycles. The van der Waals surface area contributed by atoms with Crippen LogP contribution in [0.4, 0.5) is 10.4 Å². The third-order valence-corrected chi connectivity index (χ3v) is 3.55. The monoisotopic (exact) mass is 341 g/mol. The van der Waals surface area contributed by atoms with Crippen molar-refractivity contribution in [1.29, 1.82) is 0 Å². The van der Waals surface area contributed by atoms with Crippen LogP contribution in [0.3, 0.4) is 0 Å². The van der Waals surface area contributed by atoms with E-state index in [4.69, 9.17) is 13.9 Å². The van der Waals surface area contributed by atoms with Crippen molar-refractivity contribution in [3.8, 4) is 23.0 Å². The van der Waals surface area contributed by atoms with Crippen LogP contribution in [0.25, 0.3) is 11.5 Å². The molecule has 25 heavy (non-hydrogen) atoms. The maximum atomic E-state index is 13.6. The minimum atomic E-state index is -0.671. The fourth-order valence-electron chi connectivity index (χ4n) is 2.38. The maximum absolute atomic E-state index is 13.6. The van der Waals surface area contributed by atoms with Gasteiger partial charge >= 0.3 is 6.01 Å². The third-order valence-electron chi connectivity index (χ3n) is 3.55. The van der Waals surface area contributed by atoms with Crippen molar-refractivity contribution in [3.05, 3.63) is 53.8 Å². The molecule has 8 heteroatoms. The molecule has 1 aliphatic heterocycles. The van der Waals surface area contributed by atoms with Crippen LogP contribution in [0.5, 0.6) is 11.5 Å². The lowest BCUT2D eigenvalue weighted by Gasteiger charge is -2.18. The molecule has 0 bridgehead atoms. The number of hydrogen-bond donors (Lipinski definition) is 1. The maximum Gasteiger partial charge on any atom is 0.322 e. The number of benzene rings is 2. The minimum Gasteiger partial charge on any atom is -0.486 e. The van der Waals surface area contributed by atoms with Gasteiger partial charge in [-0.25, -0.2) is 4.39 Å². The summed E-state index contributed by atoms with van der Waals surface area (Å²) in [4.78, 5) is 12.1. The van der Waals surface area contributed by atoms with Gasteiger partial charge in [0, 0.05) is 5.56 Å². The average Bonchev–Trinajstić information content (AvgIpc) is 3.10. The van der Waals surface area contributed by atoms with Gasteiger partial charge in [0.2, 0.25) is 5.89 Å². The van der Waals surface area contributed by atoms with E-state index in [0.717, 1.165) is 0 Å². The molecule has 1 amide bonds. The van der Waals surface area contributed by atoms with E-state index in [2.05, 4.69) is 15.5 Å². The van der Waals surface area contributed by atoms with Crippen molar-refractivity contribution < 1.29 is 23.1 Å². The molecule has 0 unspecified atom stereocenters. The average molecular weight is 341 g/mol. The van der Waals surface area contributed by atoms with Crippen LogP contribution in [0.2, 0.25) is 0 Å². The molecule has 2 aromatic carbocycles. The third kappa shape index (κ3) is 3.01. The molecule has 0 radical (unpaired) electrons. The van der Waals surface area contributed by atoms with Gasteiger partial charge < -0.3 is 13.9 Å². The lowest BCUT2D eigenvalue weighted by molar-refractivity contribution is 0.102. The van der Waals surface area contributed by atoms with E-state index in [9.17, 15) is 9.18 Å². The summed E-state index contributed by atoms with van der Waals surface area (Å²) >= 11 is 0. The first-order chi connectivity index (χ1) is 12.2. The Labute approximate surface area is 141 Å². The number of fused-ring (bicyclic) bond motifs is 1. The number of amides is 1. The Morgan fingerprint density at radius 2 is 1.84 bits per heavy atom. The zero-order valence-electron chi connectivity index (χ0n) is 12.9. The summed E-state index contributed by atoms with van der Waals surface area (Å²) in [7, 11) is 0. The van der Waals surface area contributed by atoms with E-state index in [1.165, 1.54) is 18.2 Å². The van der Waals surface area contributed by atoms with Gasteiger partial charge in [0.25, 0.3) is 5.91 Å². The normalized spacial score (nSPS) is 12.7. The van der Waals surface area contributed by atoms with Crippen molar-refractivity contribution in [2.45, 2.75) is 0 Å². The number of ether oxygens (including phenoxy) is 2. The van der Waals surface area contributed by atoms with Gasteiger partial charge in [-0.15, -0.1) is 5.10 Å². The predicted molar refractivity (Wildman–Crippen MR) is 85.1 cm³/mol. The number of carbonyl (C=O) groups excluding carboxylic acids is 1. The number of hydrogen-bond acceptors (Lipinski definition) is 6. The van der Waals surface area contributed by atoms with Crippen LogP contribution in [-0.4, -0.2) is 29.3 Å². The topological polar surface area (TPSA) is 86.5 Å². The fourth-order valence-corrected chi connectivity index (χ4v) is 2.38. The molecule has 0 aliphatic carbocycles. The highest BCUT2D eigenvalue weighted by Crippen LogP contribution is 2.34. The molecular weight excluding hydrogens is 329 g/mol. The Kier molecular flexibility index (Phi) is 3.77. The van der Waals surface area contributed by atoms with E-state index < -0.39 is 11.7 Å². The van der Waals surface area contributed by atoms with E-state index in [1.54, 1.807) is 24.3 Å². The highest BCUT2D eigenvalue weighted by atomic mass is 19.1. The van der Waals surface area contributed by atoms with Crippen LogP contribution in [0, 0.1) is 5.82 Å². The quantitative estimate of drug-likeness (QED) is 0.788. The first-order valence-corrected chi connectivity index (χ1v) is 7.50. The largest absolute Gasteiger partial charge is 0.486 e. The summed E-state index contributed by atoms with van der Waals surface area (Å²) in [6.07, 6.45) is 0. The highest BCUT2D eigenvalue weighted by Gasteiger charge is 2.17. The lowest BCUT2D eigenvalue weighted by atomic mass is 10.2. The van der Waals surface area contributed by atoms with Gasteiger partial charge in [0.05, 0.1) is 5.56 Å². The van der Waals surface area contributed by atoms with Gasteiger partial charge in [-0.1, -0.05) is 17.2 Å². The summed E-state index contributed by atoms with van der Waals surface area (Å²) in [5.74, 6) is 0.115. The summed E-state index contributed by atoms with van der Waals surface area (Å²) in [6.45, 7) is 0.962. The van der Waals surface area contributed by atoms with Crippen LogP contribution in [0.15, 0.2) is 46.9 Å². The smallest absolute Gasteiger partial charge is 0.322 e. The van der Waals surface area contributed by atoms with Crippen molar-refractivity contribution in [3.63, 3.8) is 0 Å². The molecule has 0 atom stereocenters. The molecule has 7 nitrogen and oxygen atoms in total. The number of rotatable bonds is 3. The molecule has 0 spiro atoms. The number of carbonyl (C=O) groups is 1. The summed E-state index contributed by atoms with van der Waals surface area (Å²) in [5.41, 5.74) is 0.504. The van der Waals surface area contributed by atoms with Crippen LogP contribution in [0.1, 0.15) is 10.4 Å². The molecule has 126 valence electrons. The lowest BCUT2D eigenvalue weighted by Crippen LogP contribution is -2.15. The first kappa shape index (κ1) is 15.1. The number of nitrogens with one attached hydrogen (secondary N) is 1. The summed E-state index contributed by atoms with van der Waals surface area (Å²) in [5, 5.41) is 10.0. The molecule has 0 saturated heterocycles. The van der Waals surface area contributed by atoms with E-state index in [1.807, 2.05) is 0 Å². The Bertz CT molecular complexity index is 941. The zero-order valence-corrected chi connectivity index (χ0v) is 12.9. The van der Waals surface area contributed by atoms with Crippen LogP contribution < -0.4 is 14.8 Å². The van der Waals surface area contributed by atoms with E-state index in [-0.39, 0.29) is 17.5 Å². The van der Waals surface area contributed by atoms with Gasteiger partial charge in [0.15, 0.2) is 11.5 Å². The van der Waals surface area contributed by atoms with Gasteiger partial charge in [-0.05, 0) is 30.3 Å². The van der Waals surface area contributed by atoms with Crippen molar-refractivity contribution in [1.82, 2.24) is 10.2 Å². The van der Waals surface area contributed by atoms with Crippen molar-refractivity contribution in [2.24, 2.45) is 0 Å². The molecule has 3 aromatic rings. The van der Waals surface area contributed by atoms with Crippen LogP contribution in [-0.2, 0) is 0 Å². The Balaban J connectivity index is 1.54. The number of nitrogens with zero attached hydrogens (tertiary/aromatic N) is 2. The number of anilines is 1. The molecule has 1 N–H and O–H groups in total. The minimum absolute atomic E-state index is 0.110. The van der Waals surface area contributed by atoms with Crippen molar-refractivity contribution in [2.75, 3.05) is 18.5 Å². The standard InChI is InChI=1S/C17H12FN3O4/c18-12-4-2-1-3-11(12)15(22)19-17-21-20-16(25-17)10-5-6-13-14(9-10)24-8-7-23-13/h1-6,9H,7-8H2,(H,19,21,22). The second-order valence-electron chi connectivity index (χ2n) is 5.20. The zero-order chi connectivity index (χ0) is 17.2. The van der Waals surface area contributed by atoms with Crippen molar-refractivity contribution >= 4 is 11.9 Å². The van der Waals surface area contributed by atoms with E-state index >= 15 is 0 Å². The molecule has 1 aliphatic rings. The molecule has 0 fully saturated rings. The summed E-state index contributed by atoms with van der Waals surface area (Å²) < 4.78 is 30.0. The van der Waals surface area contributed by atoms with E-state index in [0.29, 0.717) is 30.3 Å².